The van der Waals surface area contributed by atoms with E-state index in [2.05, 4.69) is 126 Å². The van der Waals surface area contributed by atoms with Gasteiger partial charge in [-0.2, -0.15) is 0 Å². The monoisotopic (exact) mass is 572 g/mol. The molecule has 1 aliphatic rings. The summed E-state index contributed by atoms with van der Waals surface area (Å²) >= 11 is -0.283. The minimum atomic E-state index is -0.283. The summed E-state index contributed by atoms with van der Waals surface area (Å²) in [5.41, 5.74) is 2.94. The van der Waals surface area contributed by atoms with Crippen molar-refractivity contribution in [3.63, 3.8) is 0 Å². The van der Waals surface area contributed by atoms with E-state index in [-0.39, 0.29) is 55.0 Å². The van der Waals surface area contributed by atoms with Gasteiger partial charge >= 0.3 is 202 Å². The van der Waals surface area contributed by atoms with E-state index in [1.807, 2.05) is 0 Å². The molecule has 0 radical (unpaired) electrons. The Morgan fingerprint density at radius 2 is 1.06 bits per heavy atom. The zero-order valence-electron chi connectivity index (χ0n) is 22.2. The Morgan fingerprint density at radius 1 is 0.656 bits per heavy atom. The average Bonchev–Trinajstić information content (AvgIpc) is 2.58. The first-order valence-corrected chi connectivity index (χ1v) is 13.7. The van der Waals surface area contributed by atoms with Crippen molar-refractivity contribution in [3.8, 4) is 0 Å². The maximum Gasteiger partial charge on any atom is -1.00 e. The van der Waals surface area contributed by atoms with Crippen molar-refractivity contribution in [2.24, 2.45) is 10.8 Å². The second-order valence-electron chi connectivity index (χ2n) is 12.8. The molecular formula is C29H43ClOTe. The largest absolute Gasteiger partial charge is 1.00 e. The van der Waals surface area contributed by atoms with Gasteiger partial charge in [-0.25, -0.2) is 0 Å². The van der Waals surface area contributed by atoms with Crippen molar-refractivity contribution in [3.05, 3.63) is 66.3 Å². The Morgan fingerprint density at radius 3 is 1.41 bits per heavy atom. The summed E-state index contributed by atoms with van der Waals surface area (Å²) in [5.74, 6) is 2.06. The van der Waals surface area contributed by atoms with Crippen LogP contribution < -0.4 is 12.4 Å². The SMILES string of the molecule is CC(C)(C)C1=CC(=C/C=C/c2cc(C(C)(C)C)[o+]c(C(C)(C)C)c2)C=C(C(C)(C)C)[Te]1.[Cl-]. The van der Waals surface area contributed by atoms with E-state index >= 15 is 0 Å². The van der Waals surface area contributed by atoms with Crippen LogP contribution in [0.2, 0.25) is 0 Å². The molecule has 0 atom stereocenters. The number of allylic oxidation sites excluding steroid dienone is 7. The van der Waals surface area contributed by atoms with E-state index in [9.17, 15) is 0 Å². The molecule has 0 bridgehead atoms. The first kappa shape index (κ1) is 29.2. The third-order valence-electron chi connectivity index (χ3n) is 5.17. The molecule has 1 nitrogen and oxygen atoms in total. The van der Waals surface area contributed by atoms with E-state index in [4.69, 9.17) is 4.42 Å². The van der Waals surface area contributed by atoms with Crippen molar-refractivity contribution in [2.75, 3.05) is 0 Å². The molecule has 0 fully saturated rings. The Labute approximate surface area is 214 Å². The molecule has 3 heteroatoms. The van der Waals surface area contributed by atoms with Crippen LogP contribution in [-0.4, -0.2) is 20.9 Å². The number of hydrogen-bond donors (Lipinski definition) is 0. The molecule has 178 valence electrons. The molecule has 32 heavy (non-hydrogen) atoms. The molecule has 1 aliphatic heterocycles. The van der Waals surface area contributed by atoms with E-state index in [1.165, 1.54) is 11.1 Å². The summed E-state index contributed by atoms with van der Waals surface area (Å²) in [4.78, 5) is 0. The Balaban J connectivity index is 0.00000512. The Hall–Kier alpha value is -0.810. The molecule has 1 aromatic rings. The van der Waals surface area contributed by atoms with Crippen molar-refractivity contribution in [1.29, 1.82) is 0 Å². The van der Waals surface area contributed by atoms with Crippen molar-refractivity contribution in [1.82, 2.24) is 0 Å². The van der Waals surface area contributed by atoms with Gasteiger partial charge in [0.2, 0.25) is 0 Å². The fourth-order valence-corrected chi connectivity index (χ4v) is 6.52. The summed E-state index contributed by atoms with van der Waals surface area (Å²) in [6.07, 6.45) is 11.5. The van der Waals surface area contributed by atoms with Crippen molar-refractivity contribution >= 4 is 27.0 Å². The van der Waals surface area contributed by atoms with Gasteiger partial charge in [0.25, 0.3) is 0 Å². The normalized spacial score (nSPS) is 15.9. The molecule has 2 rings (SSSR count). The maximum absolute atomic E-state index is 6.28. The van der Waals surface area contributed by atoms with E-state index in [0.29, 0.717) is 0 Å². The third kappa shape index (κ3) is 8.20. The summed E-state index contributed by atoms with van der Waals surface area (Å²) in [5, 5.41) is 0. The minimum absolute atomic E-state index is 0. The van der Waals surface area contributed by atoms with Crippen LogP contribution in [0.3, 0.4) is 0 Å². The van der Waals surface area contributed by atoms with Crippen LogP contribution in [0.4, 0.5) is 0 Å². The zero-order valence-corrected chi connectivity index (χ0v) is 25.3. The standard InChI is InChI=1S/C29H43OTe.ClH/c1-26(2,3)22-16-20(17-23(30-22)27(4,5)6)14-13-15-21-18-24(28(7,8)9)31-25(19-21)29(10,11)12;/h13-19H,1-12H3;1H/q+1;/p-1/b14-13+;. The van der Waals surface area contributed by atoms with Gasteiger partial charge in [-0.05, 0) is 0 Å². The van der Waals surface area contributed by atoms with Gasteiger partial charge in [0.15, 0.2) is 0 Å². The van der Waals surface area contributed by atoms with Gasteiger partial charge in [0, 0.05) is 0 Å². The summed E-state index contributed by atoms with van der Waals surface area (Å²) < 4.78 is 9.55. The Kier molecular flexibility index (Phi) is 9.32. The predicted molar refractivity (Wildman–Crippen MR) is 138 cm³/mol. The first-order valence-electron chi connectivity index (χ1n) is 11.4. The first-order chi connectivity index (χ1) is 13.9. The molecule has 1 aromatic heterocycles. The number of halogens is 1. The fourth-order valence-electron chi connectivity index (χ4n) is 2.98. The average molecular weight is 571 g/mol. The van der Waals surface area contributed by atoms with Crippen LogP contribution in [0.25, 0.3) is 6.08 Å². The topological polar surface area (TPSA) is 11.3 Å². The minimum Gasteiger partial charge on any atom is -1.00 e. The number of rotatable bonds is 2. The van der Waals surface area contributed by atoms with Gasteiger partial charge in [0.05, 0.1) is 0 Å². The molecule has 0 saturated carbocycles. The predicted octanol–water partition coefficient (Wildman–Crippen LogP) is 5.68. The van der Waals surface area contributed by atoms with Crippen LogP contribution in [0.1, 0.15) is 100 Å². The second-order valence-corrected chi connectivity index (χ2v) is 15.9. The van der Waals surface area contributed by atoms with E-state index in [1.54, 1.807) is 7.24 Å². The molecular weight excluding hydrogens is 527 g/mol. The van der Waals surface area contributed by atoms with Gasteiger partial charge in [0.1, 0.15) is 0 Å². The number of hydrogen-bond acceptors (Lipinski definition) is 0. The van der Waals surface area contributed by atoms with Gasteiger partial charge in [-0.3, -0.25) is 0 Å². The Bertz CT molecular complexity index is 869. The van der Waals surface area contributed by atoms with Crippen molar-refractivity contribution in [2.45, 2.75) is 93.9 Å². The quantitative estimate of drug-likeness (QED) is 0.329. The summed E-state index contributed by atoms with van der Waals surface area (Å²) in [7, 11) is 0. The zero-order chi connectivity index (χ0) is 23.8. The smallest absolute Gasteiger partial charge is 1.00 e. The molecule has 0 unspecified atom stereocenters. The molecule has 0 amide bonds. The van der Waals surface area contributed by atoms with Crippen LogP contribution in [0.5, 0.6) is 0 Å². The summed E-state index contributed by atoms with van der Waals surface area (Å²) in [6.45, 7) is 27.3. The second kappa shape index (κ2) is 10.2. The molecule has 0 spiro atoms. The van der Waals surface area contributed by atoms with Crippen molar-refractivity contribution < 1.29 is 16.8 Å². The van der Waals surface area contributed by atoms with Crippen LogP contribution in [0.15, 0.2) is 53.7 Å². The molecule has 0 aliphatic carbocycles. The maximum atomic E-state index is 6.28. The van der Waals surface area contributed by atoms with Gasteiger partial charge < -0.3 is 12.4 Å². The van der Waals surface area contributed by atoms with E-state index < -0.39 is 0 Å². The molecule has 2 heterocycles. The fraction of sp³-hybridized carbons (Fsp3) is 0.552. The van der Waals surface area contributed by atoms with Crippen LogP contribution in [0, 0.1) is 10.8 Å². The van der Waals surface area contributed by atoms with Gasteiger partial charge in [-0.1, -0.05) is 0 Å². The molecule has 0 N–H and O–H groups in total. The molecule has 0 saturated heterocycles. The summed E-state index contributed by atoms with van der Waals surface area (Å²) in [6, 6.07) is 4.37. The van der Waals surface area contributed by atoms with E-state index in [0.717, 1.165) is 11.5 Å². The van der Waals surface area contributed by atoms with Crippen LogP contribution >= 0.6 is 0 Å². The van der Waals surface area contributed by atoms with Crippen LogP contribution in [-0.2, 0) is 10.8 Å². The third-order valence-corrected chi connectivity index (χ3v) is 10.6. The van der Waals surface area contributed by atoms with Gasteiger partial charge in [-0.15, -0.1) is 0 Å². The molecule has 0 aromatic carbocycles.